The molecule has 0 saturated carbocycles. The molecule has 2 nitrogen and oxygen atoms in total. The van der Waals surface area contributed by atoms with E-state index in [-0.39, 0.29) is 0 Å². The van der Waals surface area contributed by atoms with Crippen molar-refractivity contribution < 1.29 is 0 Å². The van der Waals surface area contributed by atoms with E-state index in [9.17, 15) is 0 Å². The van der Waals surface area contributed by atoms with Crippen molar-refractivity contribution in [3.05, 3.63) is 28.3 Å². The highest BCUT2D eigenvalue weighted by Crippen LogP contribution is 2.36. The Morgan fingerprint density at radius 3 is 3.08 bits per heavy atom. The molecule has 0 spiro atoms. The Kier molecular flexibility index (Phi) is 2.18. The van der Waals surface area contributed by atoms with Crippen LogP contribution in [-0.2, 0) is 0 Å². The van der Waals surface area contributed by atoms with Crippen molar-refractivity contribution in [1.29, 1.82) is 0 Å². The number of fused-ring (bicyclic) bond motifs is 1. The number of halogens is 1. The van der Waals surface area contributed by atoms with Crippen molar-refractivity contribution in [2.24, 2.45) is 5.73 Å². The molecule has 1 aromatic carbocycles. The first-order valence-electron chi connectivity index (χ1n) is 4.47. The summed E-state index contributed by atoms with van der Waals surface area (Å²) in [5, 5.41) is 4.17. The van der Waals surface area contributed by atoms with Gasteiger partial charge in [0.05, 0.1) is 0 Å². The first kappa shape index (κ1) is 8.85. The summed E-state index contributed by atoms with van der Waals surface area (Å²) in [6.07, 6.45) is 0. The smallest absolute Gasteiger partial charge is 0.0455 e. The van der Waals surface area contributed by atoms with Crippen LogP contribution < -0.4 is 11.1 Å². The lowest BCUT2D eigenvalue weighted by Crippen LogP contribution is -2.13. The molecule has 13 heavy (non-hydrogen) atoms. The Morgan fingerprint density at radius 2 is 2.38 bits per heavy atom. The van der Waals surface area contributed by atoms with E-state index in [1.165, 1.54) is 11.3 Å². The van der Waals surface area contributed by atoms with Gasteiger partial charge >= 0.3 is 0 Å². The summed E-state index contributed by atoms with van der Waals surface area (Å²) in [6.45, 7) is 3.67. The highest BCUT2D eigenvalue weighted by atomic mass is 35.5. The molecule has 70 valence electrons. The first-order chi connectivity index (χ1) is 6.24. The van der Waals surface area contributed by atoms with Crippen LogP contribution in [0.15, 0.2) is 12.1 Å². The highest BCUT2D eigenvalue weighted by Gasteiger charge is 2.22. The minimum Gasteiger partial charge on any atom is -0.384 e. The molecule has 0 saturated heterocycles. The fourth-order valence-electron chi connectivity index (χ4n) is 1.83. The lowest BCUT2D eigenvalue weighted by molar-refractivity contribution is 0.767. The van der Waals surface area contributed by atoms with Crippen molar-refractivity contribution in [2.45, 2.75) is 12.8 Å². The number of nitrogens with two attached hydrogens (primary N) is 1. The highest BCUT2D eigenvalue weighted by molar-refractivity contribution is 6.31. The predicted octanol–water partition coefficient (Wildman–Crippen LogP) is 2.12. The third kappa shape index (κ3) is 1.30. The maximum Gasteiger partial charge on any atom is 0.0455 e. The molecule has 1 heterocycles. The standard InChI is InChI=1S/C10H13ClN2/c1-6-9(11)3-2-8-7(4-12)5-13-10(6)8/h2-3,7,13H,4-5,12H2,1H3. The minimum atomic E-state index is 0.450. The Bertz CT molecular complexity index is 336. The van der Waals surface area contributed by atoms with E-state index >= 15 is 0 Å². The van der Waals surface area contributed by atoms with Crippen molar-refractivity contribution >= 4 is 17.3 Å². The zero-order chi connectivity index (χ0) is 9.42. The van der Waals surface area contributed by atoms with Crippen LogP contribution in [0.3, 0.4) is 0 Å². The van der Waals surface area contributed by atoms with Gasteiger partial charge in [0.15, 0.2) is 0 Å². The third-order valence-corrected chi connectivity index (χ3v) is 3.09. The lowest BCUT2D eigenvalue weighted by Gasteiger charge is -2.08. The van der Waals surface area contributed by atoms with Gasteiger partial charge in [-0.15, -0.1) is 0 Å². The van der Waals surface area contributed by atoms with Crippen LogP contribution in [0.5, 0.6) is 0 Å². The molecule has 3 heteroatoms. The van der Waals surface area contributed by atoms with Gasteiger partial charge in [-0.1, -0.05) is 17.7 Å². The molecule has 2 rings (SSSR count). The topological polar surface area (TPSA) is 38.0 Å². The molecule has 1 aromatic rings. The zero-order valence-electron chi connectivity index (χ0n) is 7.60. The third-order valence-electron chi connectivity index (χ3n) is 2.68. The number of hydrogen-bond acceptors (Lipinski definition) is 2. The van der Waals surface area contributed by atoms with Gasteiger partial charge in [0, 0.05) is 29.7 Å². The van der Waals surface area contributed by atoms with Gasteiger partial charge in [0.2, 0.25) is 0 Å². The van der Waals surface area contributed by atoms with Crippen molar-refractivity contribution in [3.63, 3.8) is 0 Å². The fourth-order valence-corrected chi connectivity index (χ4v) is 1.99. The van der Waals surface area contributed by atoms with Gasteiger partial charge in [-0.3, -0.25) is 0 Å². The molecule has 0 fully saturated rings. The average molecular weight is 197 g/mol. The number of rotatable bonds is 1. The van der Waals surface area contributed by atoms with Crippen LogP contribution in [0.4, 0.5) is 5.69 Å². The number of anilines is 1. The second-order valence-electron chi connectivity index (χ2n) is 3.45. The predicted molar refractivity (Wildman–Crippen MR) is 56.5 cm³/mol. The maximum absolute atomic E-state index is 6.01. The fraction of sp³-hybridized carbons (Fsp3) is 0.400. The Labute approximate surface area is 83.1 Å². The number of benzene rings is 1. The molecular formula is C10H13ClN2. The summed E-state index contributed by atoms with van der Waals surface area (Å²) in [4.78, 5) is 0. The summed E-state index contributed by atoms with van der Waals surface area (Å²) in [5.74, 6) is 0.450. The second-order valence-corrected chi connectivity index (χ2v) is 3.86. The quantitative estimate of drug-likeness (QED) is 0.722. The van der Waals surface area contributed by atoms with Gasteiger partial charge in [-0.05, 0) is 24.1 Å². The Balaban J connectivity index is 2.50. The van der Waals surface area contributed by atoms with E-state index in [1.54, 1.807) is 0 Å². The van der Waals surface area contributed by atoms with Crippen LogP contribution in [0, 0.1) is 6.92 Å². The molecule has 1 aliphatic heterocycles. The molecule has 0 radical (unpaired) electrons. The van der Waals surface area contributed by atoms with Gasteiger partial charge in [-0.2, -0.15) is 0 Å². The van der Waals surface area contributed by atoms with Crippen molar-refractivity contribution in [2.75, 3.05) is 18.4 Å². The van der Waals surface area contributed by atoms with Crippen molar-refractivity contribution in [1.82, 2.24) is 0 Å². The summed E-state index contributed by atoms with van der Waals surface area (Å²) >= 11 is 6.01. The Hall–Kier alpha value is -0.730. The molecule has 1 aliphatic rings. The van der Waals surface area contributed by atoms with Crippen molar-refractivity contribution in [3.8, 4) is 0 Å². The minimum absolute atomic E-state index is 0.450. The molecule has 3 N–H and O–H groups in total. The number of nitrogens with one attached hydrogen (secondary N) is 1. The van der Waals surface area contributed by atoms with E-state index in [1.807, 2.05) is 13.0 Å². The van der Waals surface area contributed by atoms with Gasteiger partial charge in [0.25, 0.3) is 0 Å². The van der Waals surface area contributed by atoms with Gasteiger partial charge in [-0.25, -0.2) is 0 Å². The van der Waals surface area contributed by atoms with E-state index in [2.05, 4.69) is 11.4 Å². The van der Waals surface area contributed by atoms with Gasteiger partial charge < -0.3 is 11.1 Å². The van der Waals surface area contributed by atoms with Crippen LogP contribution >= 0.6 is 11.6 Å². The van der Waals surface area contributed by atoms with Crippen LogP contribution in [0.25, 0.3) is 0 Å². The van der Waals surface area contributed by atoms with E-state index in [0.29, 0.717) is 12.5 Å². The second kappa shape index (κ2) is 3.20. The van der Waals surface area contributed by atoms with E-state index in [0.717, 1.165) is 17.1 Å². The largest absolute Gasteiger partial charge is 0.384 e. The normalized spacial score (nSPS) is 19.8. The summed E-state index contributed by atoms with van der Waals surface area (Å²) in [6, 6.07) is 4.02. The van der Waals surface area contributed by atoms with Crippen LogP contribution in [-0.4, -0.2) is 13.1 Å². The Morgan fingerprint density at radius 1 is 1.62 bits per heavy atom. The molecule has 1 unspecified atom stereocenters. The molecule has 0 bridgehead atoms. The molecule has 0 aliphatic carbocycles. The molecule has 0 aromatic heterocycles. The monoisotopic (exact) mass is 196 g/mol. The molecule has 1 atom stereocenters. The first-order valence-corrected chi connectivity index (χ1v) is 4.84. The lowest BCUT2D eigenvalue weighted by atomic mass is 10.00. The zero-order valence-corrected chi connectivity index (χ0v) is 8.36. The van der Waals surface area contributed by atoms with Crippen LogP contribution in [0.2, 0.25) is 5.02 Å². The summed E-state index contributed by atoms with van der Waals surface area (Å²) < 4.78 is 0. The molecular weight excluding hydrogens is 184 g/mol. The SMILES string of the molecule is Cc1c(Cl)ccc2c1NCC2CN. The molecule has 0 amide bonds. The summed E-state index contributed by atoms with van der Waals surface area (Å²) in [7, 11) is 0. The van der Waals surface area contributed by atoms with E-state index in [4.69, 9.17) is 17.3 Å². The van der Waals surface area contributed by atoms with Crippen LogP contribution in [0.1, 0.15) is 17.0 Å². The number of hydrogen-bond donors (Lipinski definition) is 2. The van der Waals surface area contributed by atoms with Gasteiger partial charge in [0.1, 0.15) is 0 Å². The van der Waals surface area contributed by atoms with E-state index < -0.39 is 0 Å². The maximum atomic E-state index is 6.01. The average Bonchev–Trinajstić information content (AvgIpc) is 2.55. The summed E-state index contributed by atoms with van der Waals surface area (Å²) in [5.41, 5.74) is 9.29.